The summed E-state index contributed by atoms with van der Waals surface area (Å²) in [7, 11) is 0. The quantitative estimate of drug-likeness (QED) is 0.496. The lowest BCUT2D eigenvalue weighted by molar-refractivity contribution is 0.999. The summed E-state index contributed by atoms with van der Waals surface area (Å²) < 4.78 is 0. The van der Waals surface area contributed by atoms with Crippen LogP contribution in [0.2, 0.25) is 5.02 Å². The van der Waals surface area contributed by atoms with Crippen LogP contribution in [0.3, 0.4) is 0 Å². The van der Waals surface area contributed by atoms with E-state index in [1.54, 1.807) is 12.1 Å². The van der Waals surface area contributed by atoms with Crippen LogP contribution >= 0.6 is 23.4 Å². The zero-order valence-corrected chi connectivity index (χ0v) is 11.0. The largest absolute Gasteiger partial charge is 0.399 e. The van der Waals surface area contributed by atoms with Crippen molar-refractivity contribution < 1.29 is 0 Å². The molecular formula is C11H8ClN5OS. The van der Waals surface area contributed by atoms with Crippen molar-refractivity contribution in [3.05, 3.63) is 39.9 Å². The van der Waals surface area contributed by atoms with Crippen LogP contribution in [0.15, 0.2) is 39.5 Å². The number of hydrogen-bond donors (Lipinski definition) is 3. The summed E-state index contributed by atoms with van der Waals surface area (Å²) in [5.74, 6) is 0. The second-order valence-electron chi connectivity index (χ2n) is 3.77. The van der Waals surface area contributed by atoms with Crippen LogP contribution < -0.4 is 11.3 Å². The highest BCUT2D eigenvalue weighted by Gasteiger charge is 2.11. The molecule has 0 saturated heterocycles. The summed E-state index contributed by atoms with van der Waals surface area (Å²) in [4.78, 5) is 25.2. The van der Waals surface area contributed by atoms with E-state index in [0.717, 1.165) is 11.0 Å². The van der Waals surface area contributed by atoms with Gasteiger partial charge in [0, 0.05) is 5.69 Å². The Hall–Kier alpha value is -1.99. The van der Waals surface area contributed by atoms with Crippen LogP contribution in [-0.2, 0) is 0 Å². The lowest BCUT2D eigenvalue weighted by Gasteiger charge is -1.97. The molecule has 0 aliphatic carbocycles. The summed E-state index contributed by atoms with van der Waals surface area (Å²) in [6.07, 6.45) is 1.30. The van der Waals surface area contributed by atoms with Gasteiger partial charge < -0.3 is 15.7 Å². The fraction of sp³-hybridized carbons (Fsp3) is 0. The topological polar surface area (TPSA) is 100 Å². The minimum absolute atomic E-state index is 0.0486. The van der Waals surface area contributed by atoms with Crippen molar-refractivity contribution >= 4 is 40.1 Å². The van der Waals surface area contributed by atoms with Crippen LogP contribution in [-0.4, -0.2) is 19.9 Å². The zero-order valence-electron chi connectivity index (χ0n) is 9.48. The fourth-order valence-corrected chi connectivity index (χ4v) is 2.58. The fourth-order valence-electron chi connectivity index (χ4n) is 1.58. The first kappa shape index (κ1) is 12.1. The number of imidazole rings is 1. The minimum Gasteiger partial charge on any atom is -0.399 e. The monoisotopic (exact) mass is 293 g/mol. The lowest BCUT2D eigenvalue weighted by Crippen LogP contribution is -2.07. The van der Waals surface area contributed by atoms with Crippen LogP contribution in [0.1, 0.15) is 0 Å². The van der Waals surface area contributed by atoms with Gasteiger partial charge in [-0.05, 0) is 30.0 Å². The Balaban J connectivity index is 2.01. The van der Waals surface area contributed by atoms with Gasteiger partial charge in [-0.15, -0.1) is 0 Å². The molecule has 3 aromatic rings. The van der Waals surface area contributed by atoms with E-state index in [-0.39, 0.29) is 10.6 Å². The number of nitrogen functional groups attached to an aromatic ring is 1. The molecule has 3 rings (SSSR count). The predicted octanol–water partition coefficient (Wildman–Crippen LogP) is 2.03. The summed E-state index contributed by atoms with van der Waals surface area (Å²) >= 11 is 7.07. The molecule has 0 amide bonds. The molecule has 0 aliphatic heterocycles. The van der Waals surface area contributed by atoms with Gasteiger partial charge in [0.1, 0.15) is 10.0 Å². The molecule has 6 nitrogen and oxygen atoms in total. The molecule has 0 radical (unpaired) electrons. The highest BCUT2D eigenvalue weighted by molar-refractivity contribution is 7.99. The Kier molecular flexibility index (Phi) is 2.92. The minimum atomic E-state index is -0.375. The van der Waals surface area contributed by atoms with Gasteiger partial charge in [-0.25, -0.2) is 9.97 Å². The lowest BCUT2D eigenvalue weighted by atomic mass is 10.3. The van der Waals surface area contributed by atoms with E-state index in [9.17, 15) is 4.79 Å². The number of aromatic nitrogens is 4. The number of fused-ring (bicyclic) bond motifs is 1. The van der Waals surface area contributed by atoms with E-state index >= 15 is 0 Å². The molecule has 96 valence electrons. The summed E-state index contributed by atoms with van der Waals surface area (Å²) in [6, 6.07) is 5.38. The van der Waals surface area contributed by atoms with Crippen LogP contribution in [0.4, 0.5) is 5.69 Å². The van der Waals surface area contributed by atoms with Crippen LogP contribution in [0.25, 0.3) is 11.0 Å². The number of hydrogen-bond acceptors (Lipinski definition) is 5. The van der Waals surface area contributed by atoms with Gasteiger partial charge >= 0.3 is 0 Å². The average molecular weight is 294 g/mol. The van der Waals surface area contributed by atoms with Gasteiger partial charge in [0.25, 0.3) is 5.56 Å². The van der Waals surface area contributed by atoms with Crippen molar-refractivity contribution in [1.29, 1.82) is 0 Å². The maximum absolute atomic E-state index is 11.4. The third-order valence-corrected chi connectivity index (χ3v) is 3.79. The third kappa shape index (κ3) is 2.29. The Bertz CT molecular complexity index is 812. The maximum atomic E-state index is 11.4. The Morgan fingerprint density at radius 2 is 2.21 bits per heavy atom. The first-order valence-electron chi connectivity index (χ1n) is 5.30. The summed E-state index contributed by atoms with van der Waals surface area (Å²) in [5, 5.41) is 1.05. The molecule has 19 heavy (non-hydrogen) atoms. The molecular weight excluding hydrogens is 286 g/mol. The number of nitrogens with zero attached hydrogens (tertiary/aromatic N) is 2. The number of benzene rings is 1. The van der Waals surface area contributed by atoms with Crippen LogP contribution in [0.5, 0.6) is 0 Å². The van der Waals surface area contributed by atoms with Crippen molar-refractivity contribution in [3.63, 3.8) is 0 Å². The molecule has 8 heteroatoms. The van der Waals surface area contributed by atoms with E-state index in [0.29, 0.717) is 15.9 Å². The predicted molar refractivity (Wildman–Crippen MR) is 74.5 cm³/mol. The van der Waals surface area contributed by atoms with Gasteiger partial charge in [0.15, 0.2) is 5.16 Å². The highest BCUT2D eigenvalue weighted by Crippen LogP contribution is 2.29. The molecule has 0 bridgehead atoms. The summed E-state index contributed by atoms with van der Waals surface area (Å²) in [6.45, 7) is 0. The number of nitrogens with two attached hydrogens (primary N) is 1. The van der Waals surface area contributed by atoms with E-state index in [4.69, 9.17) is 17.3 Å². The van der Waals surface area contributed by atoms with Gasteiger partial charge in [0.05, 0.1) is 17.4 Å². The van der Waals surface area contributed by atoms with E-state index in [1.165, 1.54) is 18.1 Å². The number of H-pyrrole nitrogens is 2. The Morgan fingerprint density at radius 1 is 1.37 bits per heavy atom. The van der Waals surface area contributed by atoms with Crippen molar-refractivity contribution in [2.75, 3.05) is 5.73 Å². The zero-order chi connectivity index (χ0) is 13.4. The van der Waals surface area contributed by atoms with Crippen LogP contribution in [0, 0.1) is 0 Å². The second kappa shape index (κ2) is 4.60. The number of anilines is 1. The van der Waals surface area contributed by atoms with Gasteiger partial charge in [-0.1, -0.05) is 11.6 Å². The van der Waals surface area contributed by atoms with Gasteiger partial charge in [0.2, 0.25) is 0 Å². The molecule has 0 spiro atoms. The van der Waals surface area contributed by atoms with Gasteiger partial charge in [-0.3, -0.25) is 4.79 Å². The molecule has 1 aromatic carbocycles. The number of rotatable bonds is 2. The second-order valence-corrected chi connectivity index (χ2v) is 5.13. The van der Waals surface area contributed by atoms with Gasteiger partial charge in [-0.2, -0.15) is 0 Å². The molecule has 0 unspecified atom stereocenters. The van der Waals surface area contributed by atoms with Crippen molar-refractivity contribution in [3.8, 4) is 0 Å². The van der Waals surface area contributed by atoms with Crippen molar-refractivity contribution in [1.82, 2.24) is 19.9 Å². The molecule has 0 saturated carbocycles. The van der Waals surface area contributed by atoms with Crippen molar-refractivity contribution in [2.45, 2.75) is 10.2 Å². The SMILES string of the molecule is Nc1ccc2nc(Sc3nc[nH]c(=O)c3Cl)[nH]c2c1. The highest BCUT2D eigenvalue weighted by atomic mass is 35.5. The standard InChI is InChI=1S/C11H8ClN5OS/c12-8-9(18)14-4-15-10(8)19-11-16-6-2-1-5(13)3-7(6)17-11/h1-4H,13H2,(H,16,17)(H,14,15,18). The molecule has 0 fully saturated rings. The number of halogens is 1. The van der Waals surface area contributed by atoms with Crippen molar-refractivity contribution in [2.24, 2.45) is 0 Å². The van der Waals surface area contributed by atoms with E-state index in [1.807, 2.05) is 6.07 Å². The average Bonchev–Trinajstić information content (AvgIpc) is 2.76. The normalized spacial score (nSPS) is 11.0. The Morgan fingerprint density at radius 3 is 3.05 bits per heavy atom. The summed E-state index contributed by atoms with van der Waals surface area (Å²) in [5.41, 5.74) is 7.59. The molecule has 2 heterocycles. The van der Waals surface area contributed by atoms with E-state index < -0.39 is 0 Å². The molecule has 4 N–H and O–H groups in total. The first-order valence-corrected chi connectivity index (χ1v) is 6.49. The molecule has 0 atom stereocenters. The maximum Gasteiger partial charge on any atom is 0.270 e. The Labute approximate surface area is 116 Å². The third-order valence-electron chi connectivity index (χ3n) is 2.44. The van der Waals surface area contributed by atoms with E-state index in [2.05, 4.69) is 19.9 Å². The molecule has 0 aliphatic rings. The first-order chi connectivity index (χ1) is 9.13. The number of aromatic amines is 2. The smallest absolute Gasteiger partial charge is 0.270 e. The molecule has 2 aromatic heterocycles. The number of nitrogens with one attached hydrogen (secondary N) is 2.